The van der Waals surface area contributed by atoms with Crippen LogP contribution < -0.4 is 18.9 Å². The molecule has 4 bridgehead atoms. The molecule has 0 amide bonds. The van der Waals surface area contributed by atoms with E-state index in [1.807, 2.05) is 12.1 Å². The fourth-order valence-corrected chi connectivity index (χ4v) is 11.8. The number of nitrogens with zero attached hydrogens (tertiary/aromatic N) is 4. The van der Waals surface area contributed by atoms with Crippen LogP contribution in [0.3, 0.4) is 0 Å². The largest absolute Gasteiger partial charge is 0.493 e. The molecule has 0 radical (unpaired) electrons. The van der Waals surface area contributed by atoms with Gasteiger partial charge in [0, 0.05) is 23.2 Å². The fraction of sp³-hybridized carbons (Fsp3) is 0.605. The van der Waals surface area contributed by atoms with Gasteiger partial charge in [-0.25, -0.2) is 4.79 Å². The molecule has 2 unspecified atom stereocenters. The monoisotopic (exact) mass is 718 g/mol. The van der Waals surface area contributed by atoms with Crippen molar-refractivity contribution in [2.45, 2.75) is 97.7 Å². The number of likely N-dealkylation sites (N-methyl/N-ethyl adjacent to an activating group) is 2. The van der Waals surface area contributed by atoms with Crippen LogP contribution in [0.5, 0.6) is 23.0 Å². The number of aliphatic carboxylic acids is 1. The topological polar surface area (TPSA) is 175 Å². The van der Waals surface area contributed by atoms with E-state index in [1.54, 1.807) is 14.2 Å². The van der Waals surface area contributed by atoms with Crippen LogP contribution >= 0.6 is 0 Å². The third-order valence-corrected chi connectivity index (χ3v) is 14.0. The summed E-state index contributed by atoms with van der Waals surface area (Å²) in [6, 6.07) is 8.09. The van der Waals surface area contributed by atoms with Gasteiger partial charge in [0.05, 0.1) is 47.7 Å². The molecule has 4 heterocycles. The maximum Gasteiger partial charge on any atom is 0.344 e. The summed E-state index contributed by atoms with van der Waals surface area (Å²) in [5, 5.41) is 49.9. The second kappa shape index (κ2) is 11.4. The Bertz CT molecular complexity index is 1920. The molecular weight excluding hydrogens is 672 g/mol. The summed E-state index contributed by atoms with van der Waals surface area (Å²) in [7, 11) is 7.40. The highest BCUT2D eigenvalue weighted by molar-refractivity contribution is 5.95. The number of carboxylic acids is 1. The molecule has 2 saturated carbocycles. The van der Waals surface area contributed by atoms with E-state index >= 15 is 0 Å². The highest BCUT2D eigenvalue weighted by Crippen LogP contribution is 2.66. The summed E-state index contributed by atoms with van der Waals surface area (Å²) in [5.41, 5.74) is 2.82. The van der Waals surface area contributed by atoms with Gasteiger partial charge in [0.2, 0.25) is 6.61 Å². The second-order valence-corrected chi connectivity index (χ2v) is 15.8. The smallest absolute Gasteiger partial charge is 0.344 e. The first-order chi connectivity index (χ1) is 25.0. The van der Waals surface area contributed by atoms with E-state index in [0.717, 1.165) is 55.6 Å². The van der Waals surface area contributed by atoms with Gasteiger partial charge in [-0.1, -0.05) is 22.4 Å². The Morgan fingerprint density at radius 1 is 0.808 bits per heavy atom. The molecule has 4 fully saturated rings. The third kappa shape index (κ3) is 4.01. The number of benzene rings is 2. The van der Waals surface area contributed by atoms with Crippen LogP contribution in [-0.2, 0) is 33.3 Å². The average molecular weight is 719 g/mol. The molecule has 2 spiro atoms. The summed E-state index contributed by atoms with van der Waals surface area (Å²) in [5.74, 6) is 1.66. The quantitative estimate of drug-likeness (QED) is 0.263. The van der Waals surface area contributed by atoms with E-state index in [4.69, 9.17) is 28.9 Å². The van der Waals surface area contributed by atoms with Crippen molar-refractivity contribution in [1.82, 2.24) is 9.80 Å². The van der Waals surface area contributed by atoms with E-state index < -0.39 is 46.8 Å². The van der Waals surface area contributed by atoms with Crippen LogP contribution in [-0.4, -0.2) is 131 Å². The first-order valence-corrected chi connectivity index (χ1v) is 18.2. The number of likely N-dealkylation sites (tertiary alicyclic amines) is 2. The lowest BCUT2D eigenvalue weighted by molar-refractivity contribution is -0.161. The van der Waals surface area contributed by atoms with Crippen molar-refractivity contribution in [3.63, 3.8) is 0 Å². The van der Waals surface area contributed by atoms with Gasteiger partial charge in [-0.3, -0.25) is 0 Å². The maximum atomic E-state index is 12.0. The number of hydrogen-bond donors (Lipinski definition) is 4. The van der Waals surface area contributed by atoms with Gasteiger partial charge in [-0.15, -0.1) is 0 Å². The van der Waals surface area contributed by atoms with Crippen molar-refractivity contribution < 1.29 is 49.1 Å². The molecule has 2 aromatic carbocycles. The van der Waals surface area contributed by atoms with Crippen LogP contribution in [0.15, 0.2) is 34.6 Å². The Morgan fingerprint density at radius 2 is 1.29 bits per heavy atom. The van der Waals surface area contributed by atoms with Crippen LogP contribution in [0, 0.1) is 0 Å². The van der Waals surface area contributed by atoms with E-state index in [0.29, 0.717) is 54.4 Å². The van der Waals surface area contributed by atoms with Crippen molar-refractivity contribution >= 4 is 17.4 Å². The molecule has 2 aromatic rings. The minimum Gasteiger partial charge on any atom is -0.493 e. The molecule has 14 heteroatoms. The second-order valence-electron chi connectivity index (χ2n) is 15.8. The number of carboxylic acid groups (broad SMARTS) is 1. The number of carbonyl (C=O) groups is 1. The number of methoxy groups -OCH3 is 2. The number of hydrogen-bond acceptors (Lipinski definition) is 13. The highest BCUT2D eigenvalue weighted by atomic mass is 16.6. The standard InChI is InChI=1S/C20H24N2O6.C18H22N2O4/c1-22-8-7-19-16-11-3-4-13(26-2)17(16)28-18(19)12(21-27-10-15(23)24)5-6-20(19,25)14(22)9-11;1-20-8-7-17-14-10-3-4-12(23-2)15(14)24-16(17)11(19-22)5-6-18(17,21)13(20)9-10/h3-4,14,18,25H,5-10H2,1-2H3,(H,23,24);3-4,13,16,21-22H,5-9H2,1-2H3/b21-12+;/t14?,18-,19-,20+;13?,16-,17-,18+/m00/s1. The Labute approximate surface area is 301 Å². The Morgan fingerprint density at radius 3 is 1.75 bits per heavy atom. The van der Waals surface area contributed by atoms with Gasteiger partial charge in [0.25, 0.3) is 0 Å². The molecule has 8 aliphatic rings. The lowest BCUT2D eigenvalue weighted by atomic mass is 9.49. The van der Waals surface area contributed by atoms with Gasteiger partial charge in [-0.05, 0) is 102 Å². The molecule has 8 atom stereocenters. The number of rotatable bonds is 5. The van der Waals surface area contributed by atoms with E-state index in [9.17, 15) is 20.2 Å². The number of piperidine rings is 2. The molecule has 14 nitrogen and oxygen atoms in total. The molecule has 10 rings (SSSR count). The molecule has 4 N–H and O–H groups in total. The summed E-state index contributed by atoms with van der Waals surface area (Å²) in [6.45, 7) is 1.23. The van der Waals surface area contributed by atoms with Crippen LogP contribution in [0.1, 0.15) is 60.8 Å². The molecule has 278 valence electrons. The Hall–Kier alpha value is -4.11. The van der Waals surface area contributed by atoms with Crippen molar-refractivity contribution in [2.24, 2.45) is 10.3 Å². The number of aliphatic hydroxyl groups is 2. The zero-order chi connectivity index (χ0) is 36.4. The van der Waals surface area contributed by atoms with Gasteiger partial charge < -0.3 is 54.1 Å². The van der Waals surface area contributed by atoms with Crippen molar-refractivity contribution in [3.05, 3.63) is 46.5 Å². The predicted molar refractivity (Wildman–Crippen MR) is 186 cm³/mol. The highest BCUT2D eigenvalue weighted by Gasteiger charge is 2.74. The molecule has 0 aromatic heterocycles. The Balaban J connectivity index is 0.000000140. The van der Waals surface area contributed by atoms with Crippen molar-refractivity contribution in [3.8, 4) is 23.0 Å². The zero-order valence-corrected chi connectivity index (χ0v) is 29.9. The molecular formula is C38H46N4O10. The van der Waals surface area contributed by atoms with Crippen molar-refractivity contribution in [1.29, 1.82) is 0 Å². The van der Waals surface area contributed by atoms with Gasteiger partial charge in [0.15, 0.2) is 35.2 Å². The first-order valence-electron chi connectivity index (χ1n) is 18.2. The SMILES string of the molecule is COc1ccc2c3c1O[C@H]1/C(=N/OCC(=O)O)CC[C@@]4(O)C(C2)N(C)CC[C@]314.COc1ccc2c3c1O[C@H]1C(=NO)CC[C@@]4(O)C(C2)N(C)CC[C@]314. The van der Waals surface area contributed by atoms with Crippen LogP contribution in [0.4, 0.5) is 0 Å². The number of ether oxygens (including phenoxy) is 4. The van der Waals surface area contributed by atoms with E-state index in [1.165, 1.54) is 11.1 Å². The van der Waals surface area contributed by atoms with Crippen molar-refractivity contribution in [2.75, 3.05) is 48.0 Å². The number of oxime groups is 2. The summed E-state index contributed by atoms with van der Waals surface area (Å²) >= 11 is 0. The molecule has 4 aliphatic carbocycles. The normalized spacial score (nSPS) is 38.7. The van der Waals surface area contributed by atoms with E-state index in [2.05, 4.69) is 46.3 Å². The lowest BCUT2D eigenvalue weighted by Gasteiger charge is -2.62. The zero-order valence-electron chi connectivity index (χ0n) is 29.9. The Kier molecular flexibility index (Phi) is 7.42. The summed E-state index contributed by atoms with van der Waals surface area (Å²) in [6.07, 6.45) is 4.37. The van der Waals surface area contributed by atoms with Gasteiger partial charge in [-0.2, -0.15) is 0 Å². The minimum atomic E-state index is -1.08. The van der Waals surface area contributed by atoms with Gasteiger partial charge >= 0.3 is 5.97 Å². The maximum absolute atomic E-state index is 12.0. The van der Waals surface area contributed by atoms with E-state index in [-0.39, 0.29) is 12.1 Å². The predicted octanol–water partition coefficient (Wildman–Crippen LogP) is 2.25. The van der Waals surface area contributed by atoms with Crippen LogP contribution in [0.2, 0.25) is 0 Å². The van der Waals surface area contributed by atoms with Crippen LogP contribution in [0.25, 0.3) is 0 Å². The fourth-order valence-electron chi connectivity index (χ4n) is 11.8. The molecule has 4 aliphatic heterocycles. The lowest BCUT2D eigenvalue weighted by Crippen LogP contribution is -2.76. The first kappa shape index (κ1) is 33.7. The summed E-state index contributed by atoms with van der Waals surface area (Å²) < 4.78 is 23.8. The summed E-state index contributed by atoms with van der Waals surface area (Å²) in [4.78, 5) is 20.4. The molecule has 52 heavy (non-hydrogen) atoms. The minimum absolute atomic E-state index is 0.000632. The average Bonchev–Trinajstić information content (AvgIpc) is 3.67. The third-order valence-electron chi connectivity index (χ3n) is 14.0. The van der Waals surface area contributed by atoms with Gasteiger partial charge in [0.1, 0.15) is 0 Å². The molecule has 2 saturated heterocycles.